The number of benzene rings is 1. The number of amides is 2. The molecule has 158 valence electrons. The van der Waals surface area contributed by atoms with Crippen LogP contribution in [0.1, 0.15) is 19.8 Å². The number of ether oxygens (including phenoxy) is 3. The molecular formula is C20H26FN3O5. The van der Waals surface area contributed by atoms with Gasteiger partial charge in [-0.2, -0.15) is 0 Å². The van der Waals surface area contributed by atoms with E-state index in [1.807, 2.05) is 4.90 Å². The van der Waals surface area contributed by atoms with Crippen molar-refractivity contribution in [3.05, 3.63) is 24.0 Å². The van der Waals surface area contributed by atoms with Gasteiger partial charge in [0.1, 0.15) is 18.7 Å². The Hall–Kier alpha value is -2.39. The lowest BCUT2D eigenvalue weighted by molar-refractivity contribution is -0.170. The highest BCUT2D eigenvalue weighted by atomic mass is 19.1. The minimum absolute atomic E-state index is 0.0351. The maximum atomic E-state index is 14.9. The molecule has 9 heteroatoms. The monoisotopic (exact) mass is 407 g/mol. The molecule has 2 amide bonds. The van der Waals surface area contributed by atoms with Gasteiger partial charge in [0.05, 0.1) is 37.7 Å². The molecule has 3 aliphatic rings. The van der Waals surface area contributed by atoms with Gasteiger partial charge in [-0.15, -0.1) is 0 Å². The summed E-state index contributed by atoms with van der Waals surface area (Å²) in [6.07, 6.45) is 0.784. The van der Waals surface area contributed by atoms with E-state index in [1.54, 1.807) is 12.1 Å². The van der Waals surface area contributed by atoms with Crippen LogP contribution in [0, 0.1) is 11.2 Å². The highest BCUT2D eigenvalue weighted by molar-refractivity contribution is 5.90. The van der Waals surface area contributed by atoms with E-state index in [0.717, 1.165) is 25.9 Å². The third-order valence-corrected chi connectivity index (χ3v) is 5.84. The zero-order chi connectivity index (χ0) is 20.4. The number of carbonyl (C=O) groups is 2. The second-order valence-electron chi connectivity index (χ2n) is 7.99. The zero-order valence-corrected chi connectivity index (χ0v) is 16.5. The molecule has 1 N–H and O–H groups in total. The Kier molecular flexibility index (Phi) is 5.60. The topological polar surface area (TPSA) is 80.3 Å². The lowest BCUT2D eigenvalue weighted by atomic mass is 9.79. The van der Waals surface area contributed by atoms with Crippen molar-refractivity contribution in [1.29, 1.82) is 0 Å². The molecule has 1 spiro atoms. The Labute approximate surface area is 168 Å². The van der Waals surface area contributed by atoms with Crippen LogP contribution < -0.4 is 15.1 Å². The summed E-state index contributed by atoms with van der Waals surface area (Å²) < 4.78 is 31.0. The van der Waals surface area contributed by atoms with Crippen LogP contribution in [0.3, 0.4) is 0 Å². The van der Waals surface area contributed by atoms with Crippen molar-refractivity contribution in [2.75, 3.05) is 56.0 Å². The lowest BCUT2D eigenvalue weighted by Crippen LogP contribution is -2.47. The minimum atomic E-state index is -0.537. The minimum Gasteiger partial charge on any atom is -0.442 e. The van der Waals surface area contributed by atoms with Gasteiger partial charge in [0.15, 0.2) is 0 Å². The molecule has 3 aliphatic heterocycles. The van der Waals surface area contributed by atoms with E-state index in [2.05, 4.69) is 5.32 Å². The first-order valence-electron chi connectivity index (χ1n) is 9.88. The summed E-state index contributed by atoms with van der Waals surface area (Å²) in [7, 11) is 0. The average Bonchev–Trinajstić information content (AvgIpc) is 3.09. The first-order valence-corrected chi connectivity index (χ1v) is 9.88. The second-order valence-corrected chi connectivity index (χ2v) is 7.99. The van der Waals surface area contributed by atoms with Gasteiger partial charge < -0.3 is 24.4 Å². The number of nitrogens with one attached hydrogen (secondary N) is 1. The molecule has 0 unspecified atom stereocenters. The van der Waals surface area contributed by atoms with Gasteiger partial charge in [0, 0.05) is 25.4 Å². The van der Waals surface area contributed by atoms with E-state index < -0.39 is 12.2 Å². The molecule has 1 atom stereocenters. The van der Waals surface area contributed by atoms with Crippen molar-refractivity contribution in [1.82, 2.24) is 5.32 Å². The number of cyclic esters (lactones) is 1. The third-order valence-electron chi connectivity index (χ3n) is 5.84. The Morgan fingerprint density at radius 2 is 2.00 bits per heavy atom. The number of piperidine rings is 1. The van der Waals surface area contributed by atoms with Crippen LogP contribution in [0.4, 0.5) is 20.6 Å². The van der Waals surface area contributed by atoms with Gasteiger partial charge in [-0.05, 0) is 31.0 Å². The van der Waals surface area contributed by atoms with Gasteiger partial charge in [-0.1, -0.05) is 0 Å². The number of anilines is 2. The summed E-state index contributed by atoms with van der Waals surface area (Å²) in [4.78, 5) is 26.6. The quantitative estimate of drug-likeness (QED) is 0.821. The normalized spacial score (nSPS) is 23.9. The van der Waals surface area contributed by atoms with Gasteiger partial charge in [-0.25, -0.2) is 9.18 Å². The van der Waals surface area contributed by atoms with Gasteiger partial charge >= 0.3 is 6.09 Å². The molecule has 0 bridgehead atoms. The number of hydrogen-bond donors (Lipinski definition) is 1. The van der Waals surface area contributed by atoms with Crippen molar-refractivity contribution in [3.63, 3.8) is 0 Å². The van der Waals surface area contributed by atoms with Crippen LogP contribution >= 0.6 is 0 Å². The Morgan fingerprint density at radius 3 is 2.66 bits per heavy atom. The van der Waals surface area contributed by atoms with E-state index in [-0.39, 0.29) is 30.2 Å². The van der Waals surface area contributed by atoms with Gasteiger partial charge in [0.2, 0.25) is 5.91 Å². The predicted molar refractivity (Wildman–Crippen MR) is 103 cm³/mol. The smallest absolute Gasteiger partial charge is 0.414 e. The summed E-state index contributed by atoms with van der Waals surface area (Å²) in [5.74, 6) is -0.558. The predicted octanol–water partition coefficient (Wildman–Crippen LogP) is 1.88. The molecule has 3 fully saturated rings. The molecule has 1 aromatic rings. The van der Waals surface area contributed by atoms with Crippen LogP contribution in [0.15, 0.2) is 18.2 Å². The first-order chi connectivity index (χ1) is 14.0. The van der Waals surface area contributed by atoms with E-state index in [0.29, 0.717) is 31.4 Å². The fraction of sp³-hybridized carbons (Fsp3) is 0.600. The third kappa shape index (κ3) is 4.30. The molecule has 1 aromatic carbocycles. The number of hydrogen-bond acceptors (Lipinski definition) is 6. The van der Waals surface area contributed by atoms with Crippen LogP contribution in [0.2, 0.25) is 0 Å². The first kappa shape index (κ1) is 19.9. The van der Waals surface area contributed by atoms with Crippen LogP contribution in [-0.4, -0.2) is 64.3 Å². The molecule has 3 heterocycles. The number of halogens is 1. The van der Waals surface area contributed by atoms with Gasteiger partial charge in [0.25, 0.3) is 0 Å². The Balaban J connectivity index is 1.39. The zero-order valence-electron chi connectivity index (χ0n) is 16.5. The maximum Gasteiger partial charge on any atom is 0.414 e. The molecule has 29 heavy (non-hydrogen) atoms. The SMILES string of the molecule is CC(=O)NC[C@H]1CN(c2ccc(N3CCC4(CC3)COCOC4)c(F)c2)C(=O)O1. The number of rotatable bonds is 4. The van der Waals surface area contributed by atoms with Crippen molar-refractivity contribution in [3.8, 4) is 0 Å². The van der Waals surface area contributed by atoms with Crippen molar-refractivity contribution in [2.24, 2.45) is 5.41 Å². The fourth-order valence-electron chi connectivity index (χ4n) is 4.14. The molecule has 4 rings (SSSR count). The van der Waals surface area contributed by atoms with E-state index in [9.17, 15) is 14.0 Å². The van der Waals surface area contributed by atoms with Crippen molar-refractivity contribution < 1.29 is 28.2 Å². The second kappa shape index (κ2) is 8.16. The summed E-state index contributed by atoms with van der Waals surface area (Å²) in [6, 6.07) is 4.82. The average molecular weight is 407 g/mol. The molecule has 0 aliphatic carbocycles. The molecule has 3 saturated heterocycles. The highest BCUT2D eigenvalue weighted by Crippen LogP contribution is 2.37. The summed E-state index contributed by atoms with van der Waals surface area (Å²) >= 11 is 0. The largest absolute Gasteiger partial charge is 0.442 e. The Morgan fingerprint density at radius 1 is 1.28 bits per heavy atom. The standard InChI is InChI=1S/C20H26FN3O5/c1-14(25)22-9-16-10-24(19(26)29-16)15-2-3-18(17(21)8-15)23-6-4-20(5-7-23)11-27-13-28-12-20/h2-3,8,16H,4-7,9-13H2,1H3,(H,22,25)/t16-/m0/s1. The molecular weight excluding hydrogens is 381 g/mol. The highest BCUT2D eigenvalue weighted by Gasteiger charge is 2.38. The molecule has 0 aromatic heterocycles. The van der Waals surface area contributed by atoms with E-state index in [1.165, 1.54) is 17.9 Å². The van der Waals surface area contributed by atoms with Crippen LogP contribution in [-0.2, 0) is 19.0 Å². The summed E-state index contributed by atoms with van der Waals surface area (Å²) in [6.45, 7) is 5.11. The molecule has 0 saturated carbocycles. The number of nitrogens with zero attached hydrogens (tertiary/aromatic N) is 2. The van der Waals surface area contributed by atoms with E-state index >= 15 is 0 Å². The maximum absolute atomic E-state index is 14.9. The lowest BCUT2D eigenvalue weighted by Gasteiger charge is -2.44. The number of carbonyl (C=O) groups excluding carboxylic acids is 2. The van der Waals surface area contributed by atoms with E-state index in [4.69, 9.17) is 14.2 Å². The van der Waals surface area contributed by atoms with Crippen molar-refractivity contribution >= 4 is 23.4 Å². The molecule has 0 radical (unpaired) electrons. The summed E-state index contributed by atoms with van der Waals surface area (Å²) in [5, 5.41) is 2.63. The summed E-state index contributed by atoms with van der Waals surface area (Å²) in [5.41, 5.74) is 1.01. The Bertz CT molecular complexity index is 773. The fourth-order valence-corrected chi connectivity index (χ4v) is 4.14. The van der Waals surface area contributed by atoms with Gasteiger partial charge in [-0.3, -0.25) is 9.69 Å². The molecule has 8 nitrogen and oxygen atoms in total. The van der Waals surface area contributed by atoms with Crippen LogP contribution in [0.5, 0.6) is 0 Å². The van der Waals surface area contributed by atoms with Crippen molar-refractivity contribution in [2.45, 2.75) is 25.9 Å². The van der Waals surface area contributed by atoms with Crippen LogP contribution in [0.25, 0.3) is 0 Å².